The van der Waals surface area contributed by atoms with Crippen LogP contribution in [0.4, 0.5) is 5.95 Å². The van der Waals surface area contributed by atoms with E-state index in [0.29, 0.717) is 11.2 Å². The van der Waals surface area contributed by atoms with E-state index in [1.165, 1.54) is 10.9 Å². The number of aromatic amines is 1. The maximum Gasteiger partial charge on any atom is 0.456 e. The van der Waals surface area contributed by atoms with Gasteiger partial charge in [0.05, 0.1) is 12.9 Å². The molecule has 2 aromatic heterocycles. The highest BCUT2D eigenvalue weighted by Gasteiger charge is 2.45. The van der Waals surface area contributed by atoms with Gasteiger partial charge in [-0.2, -0.15) is 0 Å². The number of aliphatic hydroxyl groups is 2. The molecule has 1 aromatic carbocycles. The first kappa shape index (κ1) is 20.9. The SMILES string of the molecule is Nc1nc(=S)c2ncn(C3O[C@H](COP(N)(=O)Oc4ccccc4)C(O)C3O)c2[nH]1. The van der Waals surface area contributed by atoms with Crippen molar-refractivity contribution in [2.24, 2.45) is 5.50 Å². The molecule has 0 bridgehead atoms. The minimum absolute atomic E-state index is 0.0595. The number of nitrogen functional groups attached to an aromatic ring is 1. The van der Waals surface area contributed by atoms with E-state index in [0.717, 1.165) is 0 Å². The summed E-state index contributed by atoms with van der Waals surface area (Å²) in [5.74, 6) is 0.324. The van der Waals surface area contributed by atoms with Crippen molar-refractivity contribution in [3.8, 4) is 5.75 Å². The number of nitrogens with zero attached hydrogens (tertiary/aromatic N) is 3. The van der Waals surface area contributed by atoms with Crippen molar-refractivity contribution in [3.63, 3.8) is 0 Å². The third kappa shape index (κ3) is 4.09. The summed E-state index contributed by atoms with van der Waals surface area (Å²) in [6.07, 6.45) is -3.42. The van der Waals surface area contributed by atoms with Crippen molar-refractivity contribution in [2.75, 3.05) is 12.3 Å². The summed E-state index contributed by atoms with van der Waals surface area (Å²) in [6.45, 7) is -0.387. The Hall–Kier alpha value is -2.38. The van der Waals surface area contributed by atoms with Crippen LogP contribution in [-0.2, 0) is 13.8 Å². The van der Waals surface area contributed by atoms with Crippen LogP contribution in [0.5, 0.6) is 5.75 Å². The van der Waals surface area contributed by atoms with Crippen LogP contribution < -0.4 is 15.8 Å². The summed E-state index contributed by atoms with van der Waals surface area (Å²) in [6, 6.07) is 8.26. The van der Waals surface area contributed by atoms with Gasteiger partial charge in [0.1, 0.15) is 35.2 Å². The van der Waals surface area contributed by atoms with Gasteiger partial charge < -0.3 is 30.2 Å². The van der Waals surface area contributed by atoms with Gasteiger partial charge in [-0.05, 0) is 12.1 Å². The molecule has 0 amide bonds. The molecule has 0 aliphatic carbocycles. The number of hydrogen-bond donors (Lipinski definition) is 5. The monoisotopic (exact) mass is 454 g/mol. The minimum Gasteiger partial charge on any atom is -0.413 e. The lowest BCUT2D eigenvalue weighted by Crippen LogP contribution is -2.34. The Morgan fingerprint density at radius 2 is 2.03 bits per heavy atom. The largest absolute Gasteiger partial charge is 0.456 e. The fourth-order valence-electron chi connectivity index (χ4n) is 3.07. The number of benzene rings is 1. The second-order valence-electron chi connectivity index (χ2n) is 6.56. The van der Waals surface area contributed by atoms with Crippen molar-refractivity contribution in [1.82, 2.24) is 19.5 Å². The van der Waals surface area contributed by atoms with Gasteiger partial charge >= 0.3 is 7.75 Å². The molecule has 1 aliphatic heterocycles. The molecule has 5 atom stereocenters. The topological polar surface area (TPSA) is 184 Å². The predicted octanol–water partition coefficient (Wildman–Crippen LogP) is 0.853. The maximum absolute atomic E-state index is 12.4. The van der Waals surface area contributed by atoms with Crippen LogP contribution in [0.25, 0.3) is 11.2 Å². The van der Waals surface area contributed by atoms with Gasteiger partial charge in [-0.3, -0.25) is 9.09 Å². The lowest BCUT2D eigenvalue weighted by atomic mass is 10.1. The molecule has 1 saturated heterocycles. The van der Waals surface area contributed by atoms with Crippen molar-refractivity contribution < 1.29 is 28.6 Å². The van der Waals surface area contributed by atoms with E-state index in [4.69, 9.17) is 37.2 Å². The van der Waals surface area contributed by atoms with E-state index in [-0.39, 0.29) is 22.9 Å². The molecule has 0 radical (unpaired) electrons. The number of rotatable bonds is 6. The average Bonchev–Trinajstić information content (AvgIpc) is 3.22. The number of hydrogen-bond acceptors (Lipinski definition) is 10. The quantitative estimate of drug-likeness (QED) is 0.263. The van der Waals surface area contributed by atoms with Crippen LogP contribution in [0.3, 0.4) is 0 Å². The number of imidazole rings is 1. The van der Waals surface area contributed by atoms with Gasteiger partial charge in [0, 0.05) is 0 Å². The Morgan fingerprint density at radius 3 is 2.77 bits per heavy atom. The predicted molar refractivity (Wildman–Crippen MR) is 108 cm³/mol. The fraction of sp³-hybridized carbons (Fsp3) is 0.312. The van der Waals surface area contributed by atoms with Crippen LogP contribution >= 0.6 is 20.0 Å². The number of nitrogens with one attached hydrogen (secondary N) is 1. The molecule has 3 heterocycles. The number of aromatic nitrogens is 4. The second kappa shape index (κ2) is 8.04. The van der Waals surface area contributed by atoms with Gasteiger partial charge in [0.25, 0.3) is 0 Å². The molecule has 4 unspecified atom stereocenters. The molecule has 12 nitrogen and oxygen atoms in total. The highest BCUT2D eigenvalue weighted by Crippen LogP contribution is 2.41. The van der Waals surface area contributed by atoms with Gasteiger partial charge in [-0.25, -0.2) is 20.0 Å². The molecular weight excluding hydrogens is 435 g/mol. The lowest BCUT2D eigenvalue weighted by Gasteiger charge is -2.19. The molecule has 30 heavy (non-hydrogen) atoms. The van der Waals surface area contributed by atoms with Crippen LogP contribution in [0.1, 0.15) is 6.23 Å². The number of para-hydroxylation sites is 1. The van der Waals surface area contributed by atoms with Crippen LogP contribution in [0.2, 0.25) is 0 Å². The molecule has 1 aliphatic rings. The Labute approximate surface area is 175 Å². The first-order valence-electron chi connectivity index (χ1n) is 8.77. The summed E-state index contributed by atoms with van der Waals surface area (Å²) in [5, 5.41) is 20.8. The van der Waals surface area contributed by atoms with E-state index in [1.54, 1.807) is 30.3 Å². The zero-order chi connectivity index (χ0) is 21.5. The number of aliphatic hydroxyl groups excluding tert-OH is 2. The number of anilines is 1. The molecule has 14 heteroatoms. The zero-order valence-corrected chi connectivity index (χ0v) is 17.1. The standard InChI is InChI=1S/C16H19N6O6PS/c17-16-20-13-10(14(30)21-16)19-7-22(13)15-12(24)11(23)9(27-15)6-26-29(18,25)28-8-4-2-1-3-5-8/h1-5,7,9,11-12,15,23-24H,6H2,(H2,18,25)(H3,17,20,21,30)/t9-,11?,12?,15?,29?/m1/s1. The van der Waals surface area contributed by atoms with E-state index < -0.39 is 32.3 Å². The molecule has 1 fully saturated rings. The normalized spacial score (nSPS) is 26.0. The Balaban J connectivity index is 1.49. The van der Waals surface area contributed by atoms with E-state index in [2.05, 4.69) is 15.0 Å². The molecule has 4 rings (SSSR count). The summed E-state index contributed by atoms with van der Waals surface area (Å²) >= 11 is 5.12. The Bertz CT molecular complexity index is 1160. The number of fused-ring (bicyclic) bond motifs is 1. The van der Waals surface area contributed by atoms with Crippen LogP contribution in [0, 0.1) is 4.64 Å². The first-order valence-corrected chi connectivity index (χ1v) is 10.8. The van der Waals surface area contributed by atoms with E-state index >= 15 is 0 Å². The average molecular weight is 454 g/mol. The van der Waals surface area contributed by atoms with Crippen LogP contribution in [-0.4, -0.2) is 54.7 Å². The van der Waals surface area contributed by atoms with Crippen molar-refractivity contribution in [1.29, 1.82) is 0 Å². The summed E-state index contributed by atoms with van der Waals surface area (Å²) in [7, 11) is -3.98. The molecular formula is C16H19N6O6PS. The summed E-state index contributed by atoms with van der Waals surface area (Å²) in [4.78, 5) is 10.9. The number of nitrogens with two attached hydrogens (primary N) is 2. The second-order valence-corrected chi connectivity index (χ2v) is 8.47. The maximum atomic E-state index is 12.4. The minimum atomic E-state index is -3.98. The highest BCUT2D eigenvalue weighted by molar-refractivity contribution is 7.71. The van der Waals surface area contributed by atoms with Gasteiger partial charge in [0.15, 0.2) is 16.8 Å². The third-order valence-corrected chi connectivity index (χ3v) is 5.73. The molecule has 160 valence electrons. The molecule has 0 saturated carbocycles. The van der Waals surface area contributed by atoms with Gasteiger partial charge in [0.2, 0.25) is 0 Å². The number of ether oxygens (including phenoxy) is 1. The fourth-order valence-corrected chi connectivity index (χ4v) is 4.15. The van der Waals surface area contributed by atoms with Crippen molar-refractivity contribution >= 4 is 37.1 Å². The Morgan fingerprint density at radius 1 is 1.30 bits per heavy atom. The van der Waals surface area contributed by atoms with Gasteiger partial charge in [-0.15, -0.1) is 0 Å². The summed E-state index contributed by atoms with van der Waals surface area (Å²) < 4.78 is 30.0. The van der Waals surface area contributed by atoms with Crippen LogP contribution in [0.15, 0.2) is 36.7 Å². The van der Waals surface area contributed by atoms with Crippen molar-refractivity contribution in [2.45, 2.75) is 24.5 Å². The van der Waals surface area contributed by atoms with Gasteiger partial charge in [-0.1, -0.05) is 30.4 Å². The molecule has 3 aromatic rings. The lowest BCUT2D eigenvalue weighted by molar-refractivity contribution is -0.0482. The summed E-state index contributed by atoms with van der Waals surface area (Å²) in [5.41, 5.74) is 12.0. The number of H-pyrrole nitrogens is 1. The smallest absolute Gasteiger partial charge is 0.413 e. The Kier molecular flexibility index (Phi) is 5.59. The zero-order valence-electron chi connectivity index (χ0n) is 15.4. The molecule has 0 spiro atoms. The third-order valence-electron chi connectivity index (χ3n) is 4.47. The van der Waals surface area contributed by atoms with E-state index in [9.17, 15) is 14.8 Å². The highest BCUT2D eigenvalue weighted by atomic mass is 32.1. The first-order chi connectivity index (χ1) is 14.2. The van der Waals surface area contributed by atoms with E-state index in [1.807, 2.05) is 0 Å². The van der Waals surface area contributed by atoms with Crippen molar-refractivity contribution in [3.05, 3.63) is 41.3 Å². The molecule has 7 N–H and O–H groups in total.